The molecule has 0 radical (unpaired) electrons. The van der Waals surface area contributed by atoms with Gasteiger partial charge in [0.1, 0.15) is 0 Å². The molecule has 1 aliphatic rings. The first-order chi connectivity index (χ1) is 15.2. The third kappa shape index (κ3) is 5.72. The van der Waals surface area contributed by atoms with Gasteiger partial charge in [-0.2, -0.15) is 0 Å². The average Bonchev–Trinajstić information content (AvgIpc) is 2.82. The summed E-state index contributed by atoms with van der Waals surface area (Å²) in [7, 11) is 0. The van der Waals surface area contributed by atoms with E-state index >= 15 is 0 Å². The molecule has 2 aromatic carbocycles. The molecule has 3 aromatic rings. The molecule has 4 rings (SSSR count). The molecule has 1 saturated heterocycles. The number of benzene rings is 2. The Bertz CT molecular complexity index is 1080. The van der Waals surface area contributed by atoms with Crippen molar-refractivity contribution in [3.05, 3.63) is 70.5 Å². The first kappa shape index (κ1) is 21.5. The number of ether oxygens (including phenoxy) is 1. The Morgan fingerprint density at radius 3 is 2.58 bits per heavy atom. The molecular weight excluding hydrogens is 412 g/mol. The number of amides is 1. The number of hydrogen-bond acceptors (Lipinski definition) is 6. The number of nitrogens with one attached hydrogen (secondary N) is 1. The van der Waals surface area contributed by atoms with E-state index in [1.807, 2.05) is 48.5 Å². The quantitative estimate of drug-likeness (QED) is 0.429. The van der Waals surface area contributed by atoms with E-state index in [-0.39, 0.29) is 17.2 Å². The monoisotopic (exact) mass is 438 g/mol. The lowest BCUT2D eigenvalue weighted by molar-refractivity contribution is -0.118. The Kier molecular flexibility index (Phi) is 7.35. The van der Waals surface area contributed by atoms with Gasteiger partial charge in [0.15, 0.2) is 5.16 Å². The summed E-state index contributed by atoms with van der Waals surface area (Å²) in [5.74, 6) is 0.116. The van der Waals surface area contributed by atoms with Gasteiger partial charge in [0, 0.05) is 32.7 Å². The molecule has 1 aliphatic heterocycles. The number of thioether (sulfide) groups is 1. The largest absolute Gasteiger partial charge is 0.379 e. The molecule has 162 valence electrons. The average molecular weight is 439 g/mol. The minimum atomic E-state index is -0.0870. The Morgan fingerprint density at radius 2 is 1.77 bits per heavy atom. The summed E-state index contributed by atoms with van der Waals surface area (Å²) in [6.45, 7) is 4.92. The smallest absolute Gasteiger partial charge is 0.262 e. The Labute approximate surface area is 185 Å². The van der Waals surface area contributed by atoms with Crippen molar-refractivity contribution in [2.45, 2.75) is 18.2 Å². The fourth-order valence-corrected chi connectivity index (χ4v) is 4.35. The molecule has 31 heavy (non-hydrogen) atoms. The van der Waals surface area contributed by atoms with Gasteiger partial charge < -0.3 is 10.1 Å². The molecule has 2 heterocycles. The topological polar surface area (TPSA) is 76.5 Å². The number of morpholine rings is 1. The van der Waals surface area contributed by atoms with Crippen LogP contribution in [-0.2, 0) is 22.6 Å². The lowest BCUT2D eigenvalue weighted by Gasteiger charge is -2.27. The third-order valence-corrected chi connectivity index (χ3v) is 6.21. The van der Waals surface area contributed by atoms with Crippen LogP contribution < -0.4 is 10.9 Å². The molecule has 7 nitrogen and oxygen atoms in total. The van der Waals surface area contributed by atoms with Crippen LogP contribution >= 0.6 is 11.8 Å². The van der Waals surface area contributed by atoms with E-state index in [1.54, 1.807) is 10.6 Å². The van der Waals surface area contributed by atoms with E-state index in [0.29, 0.717) is 42.4 Å². The second-order valence-electron chi connectivity index (χ2n) is 7.37. The molecule has 1 N–H and O–H groups in total. The van der Waals surface area contributed by atoms with Gasteiger partial charge in [0.25, 0.3) is 5.56 Å². The number of carbonyl (C=O) groups is 1. The predicted molar refractivity (Wildman–Crippen MR) is 122 cm³/mol. The molecule has 0 bridgehead atoms. The summed E-state index contributed by atoms with van der Waals surface area (Å²) in [6, 6.07) is 17.1. The van der Waals surface area contributed by atoms with Gasteiger partial charge in [-0.3, -0.25) is 19.1 Å². The zero-order valence-corrected chi connectivity index (χ0v) is 18.1. The Hall–Kier alpha value is -2.68. The molecule has 0 aliphatic carbocycles. The first-order valence-electron chi connectivity index (χ1n) is 10.4. The molecule has 0 atom stereocenters. The molecule has 1 amide bonds. The van der Waals surface area contributed by atoms with Crippen LogP contribution in [0.5, 0.6) is 0 Å². The van der Waals surface area contributed by atoms with Gasteiger partial charge in [-0.15, -0.1) is 0 Å². The first-order valence-corrected chi connectivity index (χ1v) is 11.4. The molecule has 0 saturated carbocycles. The second kappa shape index (κ2) is 10.6. The zero-order chi connectivity index (χ0) is 21.5. The molecule has 8 heteroatoms. The van der Waals surface area contributed by atoms with Gasteiger partial charge in [-0.05, 0) is 17.7 Å². The lowest BCUT2D eigenvalue weighted by Crippen LogP contribution is -2.39. The van der Waals surface area contributed by atoms with E-state index in [9.17, 15) is 9.59 Å². The van der Waals surface area contributed by atoms with Crippen molar-refractivity contribution < 1.29 is 9.53 Å². The van der Waals surface area contributed by atoms with Gasteiger partial charge >= 0.3 is 0 Å². The fourth-order valence-electron chi connectivity index (χ4n) is 3.50. The van der Waals surface area contributed by atoms with Crippen LogP contribution in [0.2, 0.25) is 0 Å². The summed E-state index contributed by atoms with van der Waals surface area (Å²) < 4.78 is 7.11. The van der Waals surface area contributed by atoms with Crippen LogP contribution in [0.25, 0.3) is 10.9 Å². The SMILES string of the molecule is O=C(CSc1nc2ccccc2c(=O)n1CCN1CCOCC1)NCc1ccccc1. The maximum Gasteiger partial charge on any atom is 0.262 e. The summed E-state index contributed by atoms with van der Waals surface area (Å²) in [5.41, 5.74) is 1.64. The zero-order valence-electron chi connectivity index (χ0n) is 17.3. The van der Waals surface area contributed by atoms with Crippen LogP contribution in [0.15, 0.2) is 64.5 Å². The molecule has 0 unspecified atom stereocenters. The Balaban J connectivity index is 1.46. The highest BCUT2D eigenvalue weighted by Crippen LogP contribution is 2.18. The number of hydrogen-bond donors (Lipinski definition) is 1. The number of para-hydroxylation sites is 1. The van der Waals surface area contributed by atoms with Crippen LogP contribution in [-0.4, -0.2) is 59.0 Å². The standard InChI is InChI=1S/C23H26N4O3S/c28-21(24-16-18-6-2-1-3-7-18)17-31-23-25-20-9-5-4-8-19(20)22(29)27(23)11-10-26-12-14-30-15-13-26/h1-9H,10-17H2,(H,24,28). The van der Waals surface area contributed by atoms with Crippen molar-refractivity contribution in [3.63, 3.8) is 0 Å². The van der Waals surface area contributed by atoms with E-state index in [4.69, 9.17) is 9.72 Å². The van der Waals surface area contributed by atoms with Crippen molar-refractivity contribution >= 4 is 28.6 Å². The second-order valence-corrected chi connectivity index (χ2v) is 8.32. The van der Waals surface area contributed by atoms with Crippen molar-refractivity contribution in [2.24, 2.45) is 0 Å². The number of aromatic nitrogens is 2. The van der Waals surface area contributed by atoms with Gasteiger partial charge in [-0.25, -0.2) is 4.98 Å². The van der Waals surface area contributed by atoms with Gasteiger partial charge in [0.05, 0.1) is 29.9 Å². The fraction of sp³-hybridized carbons (Fsp3) is 0.348. The number of rotatable bonds is 8. The van der Waals surface area contributed by atoms with E-state index in [2.05, 4.69) is 10.2 Å². The number of fused-ring (bicyclic) bond motifs is 1. The maximum atomic E-state index is 13.1. The minimum absolute atomic E-state index is 0.0638. The summed E-state index contributed by atoms with van der Waals surface area (Å²) in [5, 5.41) is 4.10. The predicted octanol–water partition coefficient (Wildman–Crippen LogP) is 2.14. The van der Waals surface area contributed by atoms with Crippen LogP contribution in [0.1, 0.15) is 5.56 Å². The summed E-state index contributed by atoms with van der Waals surface area (Å²) in [4.78, 5) is 32.5. The number of carbonyl (C=O) groups excluding carboxylic acids is 1. The van der Waals surface area contributed by atoms with Crippen molar-refractivity contribution in [3.8, 4) is 0 Å². The molecule has 1 fully saturated rings. The Morgan fingerprint density at radius 1 is 1.03 bits per heavy atom. The normalized spacial score (nSPS) is 14.6. The highest BCUT2D eigenvalue weighted by molar-refractivity contribution is 7.99. The van der Waals surface area contributed by atoms with Crippen LogP contribution in [0.3, 0.4) is 0 Å². The third-order valence-electron chi connectivity index (χ3n) is 5.24. The maximum absolute atomic E-state index is 13.1. The van der Waals surface area contributed by atoms with Gasteiger partial charge in [0.2, 0.25) is 5.91 Å². The van der Waals surface area contributed by atoms with Crippen molar-refractivity contribution in [2.75, 3.05) is 38.6 Å². The van der Waals surface area contributed by atoms with Crippen LogP contribution in [0, 0.1) is 0 Å². The molecule has 1 aromatic heterocycles. The minimum Gasteiger partial charge on any atom is -0.379 e. The lowest BCUT2D eigenvalue weighted by atomic mass is 10.2. The van der Waals surface area contributed by atoms with Gasteiger partial charge in [-0.1, -0.05) is 54.2 Å². The van der Waals surface area contributed by atoms with E-state index in [0.717, 1.165) is 25.2 Å². The van der Waals surface area contributed by atoms with Crippen molar-refractivity contribution in [1.82, 2.24) is 19.8 Å². The summed E-state index contributed by atoms with van der Waals surface area (Å²) >= 11 is 1.30. The van der Waals surface area contributed by atoms with E-state index < -0.39 is 0 Å². The van der Waals surface area contributed by atoms with E-state index in [1.165, 1.54) is 11.8 Å². The van der Waals surface area contributed by atoms with Crippen LogP contribution in [0.4, 0.5) is 0 Å². The molecule has 0 spiro atoms. The summed E-state index contributed by atoms with van der Waals surface area (Å²) in [6.07, 6.45) is 0. The number of nitrogens with zero attached hydrogens (tertiary/aromatic N) is 3. The highest BCUT2D eigenvalue weighted by Gasteiger charge is 2.16. The highest BCUT2D eigenvalue weighted by atomic mass is 32.2. The molecular formula is C23H26N4O3S. The van der Waals surface area contributed by atoms with Crippen molar-refractivity contribution in [1.29, 1.82) is 0 Å².